The summed E-state index contributed by atoms with van der Waals surface area (Å²) in [6.07, 6.45) is 15.0. The Morgan fingerprint density at radius 3 is 1.90 bits per heavy atom. The third kappa shape index (κ3) is 8.99. The highest BCUT2D eigenvalue weighted by Gasteiger charge is 2.54. The van der Waals surface area contributed by atoms with Crippen LogP contribution in [0.1, 0.15) is 104 Å². The van der Waals surface area contributed by atoms with Gasteiger partial charge in [-0.05, 0) is 25.0 Å². The van der Waals surface area contributed by atoms with Crippen molar-refractivity contribution in [3.63, 3.8) is 0 Å². The zero-order valence-electron chi connectivity index (χ0n) is 19.0. The van der Waals surface area contributed by atoms with E-state index in [1.165, 1.54) is 77.4 Å². The van der Waals surface area contributed by atoms with Crippen LogP contribution in [-0.4, -0.2) is 40.6 Å². The lowest BCUT2D eigenvalue weighted by Crippen LogP contribution is -2.56. The SMILES string of the molecule is CCCCCCCCCCCCCCC(OC(C)=O)[C@@]1(O)C(=O)C=C[C@H]1OC(C)=O. The van der Waals surface area contributed by atoms with Gasteiger partial charge in [-0.1, -0.05) is 77.6 Å². The third-order valence-electron chi connectivity index (χ3n) is 5.66. The number of hydrogen-bond donors (Lipinski definition) is 1. The highest BCUT2D eigenvalue weighted by Crippen LogP contribution is 2.32. The fraction of sp³-hybridized carbons (Fsp3) is 0.792. The Balaban J connectivity index is 2.36. The number of carbonyl (C=O) groups is 3. The Labute approximate surface area is 181 Å². The smallest absolute Gasteiger partial charge is 0.303 e. The van der Waals surface area contributed by atoms with Crippen molar-refractivity contribution >= 4 is 17.7 Å². The topological polar surface area (TPSA) is 89.9 Å². The van der Waals surface area contributed by atoms with Crippen molar-refractivity contribution in [1.82, 2.24) is 0 Å². The molecule has 1 aliphatic rings. The van der Waals surface area contributed by atoms with Crippen molar-refractivity contribution in [2.45, 2.75) is 122 Å². The van der Waals surface area contributed by atoms with Crippen molar-refractivity contribution in [3.8, 4) is 0 Å². The molecule has 0 amide bonds. The Bertz CT molecular complexity index is 570. The van der Waals surface area contributed by atoms with Crippen molar-refractivity contribution in [1.29, 1.82) is 0 Å². The van der Waals surface area contributed by atoms with Crippen LogP contribution >= 0.6 is 0 Å². The summed E-state index contributed by atoms with van der Waals surface area (Å²) in [7, 11) is 0. The molecule has 1 unspecified atom stereocenters. The number of ether oxygens (including phenoxy) is 2. The van der Waals surface area contributed by atoms with Crippen LogP contribution in [0.2, 0.25) is 0 Å². The Kier molecular flexibility index (Phi) is 12.6. The average molecular weight is 425 g/mol. The molecule has 0 aromatic heterocycles. The summed E-state index contributed by atoms with van der Waals surface area (Å²) in [6, 6.07) is 0. The van der Waals surface area contributed by atoms with Crippen LogP contribution in [-0.2, 0) is 23.9 Å². The normalized spacial score (nSPS) is 21.6. The Morgan fingerprint density at radius 1 is 0.933 bits per heavy atom. The highest BCUT2D eigenvalue weighted by molar-refractivity contribution is 6.01. The molecule has 3 atom stereocenters. The molecule has 0 saturated heterocycles. The lowest BCUT2D eigenvalue weighted by atomic mass is 9.87. The molecule has 172 valence electrons. The molecule has 30 heavy (non-hydrogen) atoms. The molecule has 6 nitrogen and oxygen atoms in total. The molecule has 0 aromatic rings. The maximum Gasteiger partial charge on any atom is 0.303 e. The van der Waals surface area contributed by atoms with Gasteiger partial charge in [0.1, 0.15) is 6.10 Å². The largest absolute Gasteiger partial charge is 0.459 e. The predicted octanol–water partition coefficient (Wildman–Crippen LogP) is 4.81. The van der Waals surface area contributed by atoms with Crippen LogP contribution in [0.3, 0.4) is 0 Å². The summed E-state index contributed by atoms with van der Waals surface area (Å²) >= 11 is 0. The lowest BCUT2D eigenvalue weighted by Gasteiger charge is -2.34. The second kappa shape index (κ2) is 14.3. The number of carbonyl (C=O) groups excluding carboxylic acids is 3. The molecule has 0 fully saturated rings. The second-order valence-corrected chi connectivity index (χ2v) is 8.35. The number of unbranched alkanes of at least 4 members (excludes halogenated alkanes) is 11. The fourth-order valence-electron chi connectivity index (χ4n) is 3.98. The maximum absolute atomic E-state index is 12.3. The van der Waals surface area contributed by atoms with Gasteiger partial charge >= 0.3 is 11.9 Å². The molecule has 0 heterocycles. The molecule has 0 aliphatic heterocycles. The summed E-state index contributed by atoms with van der Waals surface area (Å²) in [4.78, 5) is 35.2. The van der Waals surface area contributed by atoms with Crippen molar-refractivity contribution < 1.29 is 29.0 Å². The molecule has 0 aromatic carbocycles. The van der Waals surface area contributed by atoms with Crippen molar-refractivity contribution in [2.24, 2.45) is 0 Å². The van der Waals surface area contributed by atoms with E-state index < -0.39 is 35.5 Å². The summed E-state index contributed by atoms with van der Waals surface area (Å²) in [5.74, 6) is -1.78. The van der Waals surface area contributed by atoms with Crippen molar-refractivity contribution in [3.05, 3.63) is 12.2 Å². The number of aliphatic hydroxyl groups is 1. The first-order chi connectivity index (χ1) is 14.3. The highest BCUT2D eigenvalue weighted by atomic mass is 16.6. The zero-order chi connectivity index (χ0) is 22.4. The van der Waals surface area contributed by atoms with Crippen LogP contribution in [0.15, 0.2) is 12.2 Å². The van der Waals surface area contributed by atoms with E-state index in [2.05, 4.69) is 6.92 Å². The first-order valence-electron chi connectivity index (χ1n) is 11.6. The Morgan fingerprint density at radius 2 is 1.43 bits per heavy atom. The molecule has 0 spiro atoms. The minimum absolute atomic E-state index is 0.346. The van der Waals surface area contributed by atoms with Gasteiger partial charge in [0.15, 0.2) is 11.9 Å². The van der Waals surface area contributed by atoms with Crippen molar-refractivity contribution in [2.75, 3.05) is 0 Å². The van der Waals surface area contributed by atoms with Gasteiger partial charge < -0.3 is 14.6 Å². The van der Waals surface area contributed by atoms with Crippen LogP contribution in [0.25, 0.3) is 0 Å². The molecule has 1 rings (SSSR count). The molecular weight excluding hydrogens is 384 g/mol. The van der Waals surface area contributed by atoms with Gasteiger partial charge in [0, 0.05) is 13.8 Å². The molecular formula is C24H40O6. The van der Waals surface area contributed by atoms with Gasteiger partial charge in [-0.15, -0.1) is 0 Å². The minimum Gasteiger partial charge on any atom is -0.459 e. The first-order valence-corrected chi connectivity index (χ1v) is 11.6. The number of hydrogen-bond acceptors (Lipinski definition) is 6. The van der Waals surface area contributed by atoms with E-state index >= 15 is 0 Å². The van der Waals surface area contributed by atoms with Gasteiger partial charge in [-0.2, -0.15) is 0 Å². The van der Waals surface area contributed by atoms with E-state index in [4.69, 9.17) is 9.47 Å². The molecule has 6 heteroatoms. The van der Waals surface area contributed by atoms with E-state index in [-0.39, 0.29) is 0 Å². The predicted molar refractivity (Wildman–Crippen MR) is 116 cm³/mol. The lowest BCUT2D eigenvalue weighted by molar-refractivity contribution is -0.186. The van der Waals surface area contributed by atoms with E-state index in [0.29, 0.717) is 6.42 Å². The maximum atomic E-state index is 12.3. The average Bonchev–Trinajstić information content (AvgIpc) is 2.96. The Hall–Kier alpha value is -1.69. The van der Waals surface area contributed by atoms with Crippen LogP contribution in [0.4, 0.5) is 0 Å². The van der Waals surface area contributed by atoms with Gasteiger partial charge in [0.2, 0.25) is 5.60 Å². The summed E-state index contributed by atoms with van der Waals surface area (Å²) in [5.41, 5.74) is -2.05. The van der Waals surface area contributed by atoms with Gasteiger partial charge in [0.05, 0.1) is 0 Å². The van der Waals surface area contributed by atoms with E-state index in [1.54, 1.807) is 0 Å². The second-order valence-electron chi connectivity index (χ2n) is 8.35. The monoisotopic (exact) mass is 424 g/mol. The summed E-state index contributed by atoms with van der Waals surface area (Å²) < 4.78 is 10.4. The number of esters is 2. The molecule has 0 radical (unpaired) electrons. The van der Waals surface area contributed by atoms with Crippen LogP contribution in [0.5, 0.6) is 0 Å². The van der Waals surface area contributed by atoms with Gasteiger partial charge in [-0.3, -0.25) is 14.4 Å². The standard InChI is InChI=1S/C24H40O6/c1-4-5-6-7-8-9-10-11-12-13-14-15-16-22(29-19(2)25)24(28)21(27)17-18-23(24)30-20(3)26/h17-18,22-23,28H,4-16H2,1-3H3/t22?,23-,24+/m1/s1. The molecule has 1 N–H and O–H groups in total. The van der Waals surface area contributed by atoms with E-state index in [0.717, 1.165) is 25.7 Å². The fourth-order valence-corrected chi connectivity index (χ4v) is 3.98. The molecule has 0 bridgehead atoms. The van der Waals surface area contributed by atoms with Gasteiger partial charge in [-0.25, -0.2) is 0 Å². The zero-order valence-corrected chi connectivity index (χ0v) is 19.0. The quantitative estimate of drug-likeness (QED) is 0.282. The molecule has 1 aliphatic carbocycles. The minimum atomic E-state index is -2.05. The van der Waals surface area contributed by atoms with Crippen LogP contribution in [0, 0.1) is 0 Å². The van der Waals surface area contributed by atoms with Gasteiger partial charge in [0.25, 0.3) is 0 Å². The first kappa shape index (κ1) is 26.3. The van der Waals surface area contributed by atoms with E-state index in [1.807, 2.05) is 0 Å². The summed E-state index contributed by atoms with van der Waals surface area (Å²) in [5, 5.41) is 11.0. The molecule has 0 saturated carbocycles. The summed E-state index contributed by atoms with van der Waals surface area (Å²) in [6.45, 7) is 4.69. The third-order valence-corrected chi connectivity index (χ3v) is 5.66. The number of ketones is 1. The van der Waals surface area contributed by atoms with E-state index in [9.17, 15) is 19.5 Å². The van der Waals surface area contributed by atoms with Crippen LogP contribution < -0.4 is 0 Å². The number of rotatable bonds is 16.